The zero-order chi connectivity index (χ0) is 26.2. The van der Waals surface area contributed by atoms with Gasteiger partial charge in [0.05, 0.1) is 28.1 Å². The van der Waals surface area contributed by atoms with Crippen molar-refractivity contribution in [3.8, 4) is 11.3 Å². The zero-order valence-electron chi connectivity index (χ0n) is 20.4. The van der Waals surface area contributed by atoms with Crippen LogP contribution in [-0.2, 0) is 9.53 Å². The molecular weight excluding hydrogens is 516 g/mol. The molecule has 7 heteroatoms. The van der Waals surface area contributed by atoms with Gasteiger partial charge in [-0.25, -0.2) is 9.78 Å². The molecule has 1 aliphatic heterocycles. The number of fused-ring (bicyclic) bond motifs is 3. The number of pyridine rings is 1. The lowest BCUT2D eigenvalue weighted by molar-refractivity contribution is -0.121. The zero-order valence-corrected chi connectivity index (χ0v) is 21.9. The molecule has 38 heavy (non-hydrogen) atoms. The first-order valence-corrected chi connectivity index (χ1v) is 13.2. The smallest absolute Gasteiger partial charge is 0.339 e. The number of halogens is 1. The summed E-state index contributed by atoms with van der Waals surface area (Å²) < 4.78 is 5.69. The van der Waals surface area contributed by atoms with Crippen molar-refractivity contribution in [2.45, 2.75) is 16.7 Å². The summed E-state index contributed by atoms with van der Waals surface area (Å²) in [6, 6.07) is 30.2. The van der Waals surface area contributed by atoms with Crippen molar-refractivity contribution in [2.75, 3.05) is 11.5 Å². The first-order chi connectivity index (χ1) is 18.5. The number of ether oxygens (including phenoxy) is 1. The summed E-state index contributed by atoms with van der Waals surface area (Å²) in [5.74, 6) is -0.907. The van der Waals surface area contributed by atoms with Crippen LogP contribution in [-0.4, -0.2) is 23.5 Å². The third-order valence-electron chi connectivity index (χ3n) is 6.45. The normalized spacial score (nSPS) is 12.1. The standard InChI is InChI=1S/C31H21ClN2O3S/c1-19-29(22-11-2-3-12-23(22)33-30(19)20-9-8-10-21(32)17-20)31(36)37-18-28(35)34-24-13-4-6-15-26(24)38-27-16-7-5-14-25(27)34/h2-17H,18H2,1H3. The second kappa shape index (κ2) is 9.97. The lowest BCUT2D eigenvalue weighted by Gasteiger charge is -2.30. The van der Waals surface area contributed by atoms with E-state index >= 15 is 0 Å². The van der Waals surface area contributed by atoms with E-state index in [2.05, 4.69) is 0 Å². The number of para-hydroxylation sites is 3. The van der Waals surface area contributed by atoms with Crippen LogP contribution in [0.1, 0.15) is 15.9 Å². The number of benzene rings is 4. The molecule has 2 heterocycles. The van der Waals surface area contributed by atoms with E-state index in [4.69, 9.17) is 21.3 Å². The fraction of sp³-hybridized carbons (Fsp3) is 0.0645. The van der Waals surface area contributed by atoms with Crippen LogP contribution >= 0.6 is 23.4 Å². The first kappa shape index (κ1) is 24.2. The molecule has 0 radical (unpaired) electrons. The largest absolute Gasteiger partial charge is 0.452 e. The van der Waals surface area contributed by atoms with Crippen LogP contribution in [0.15, 0.2) is 107 Å². The summed E-state index contributed by atoms with van der Waals surface area (Å²) in [7, 11) is 0. The van der Waals surface area contributed by atoms with Crippen molar-refractivity contribution < 1.29 is 14.3 Å². The van der Waals surface area contributed by atoms with Gasteiger partial charge in [-0.3, -0.25) is 9.69 Å². The van der Waals surface area contributed by atoms with Gasteiger partial charge < -0.3 is 4.74 Å². The molecule has 0 unspecified atom stereocenters. The molecule has 6 rings (SSSR count). The van der Waals surface area contributed by atoms with Crippen molar-refractivity contribution in [3.63, 3.8) is 0 Å². The fourth-order valence-corrected chi connectivity index (χ4v) is 5.97. The summed E-state index contributed by atoms with van der Waals surface area (Å²) >= 11 is 7.85. The Bertz CT molecular complexity index is 1690. The maximum Gasteiger partial charge on any atom is 0.339 e. The van der Waals surface area contributed by atoms with Crippen molar-refractivity contribution in [2.24, 2.45) is 0 Å². The van der Waals surface area contributed by atoms with Crippen LogP contribution in [0.5, 0.6) is 0 Å². The van der Waals surface area contributed by atoms with Gasteiger partial charge in [0.25, 0.3) is 5.91 Å². The Balaban J connectivity index is 1.34. The van der Waals surface area contributed by atoms with Gasteiger partial charge in [-0.2, -0.15) is 0 Å². The van der Waals surface area contributed by atoms with E-state index in [0.717, 1.165) is 26.7 Å². The van der Waals surface area contributed by atoms with E-state index in [1.54, 1.807) is 22.7 Å². The minimum atomic E-state index is -0.578. The fourth-order valence-electron chi connectivity index (χ4n) is 4.72. The third kappa shape index (κ3) is 4.32. The highest BCUT2D eigenvalue weighted by Gasteiger charge is 2.29. The molecule has 0 spiro atoms. The van der Waals surface area contributed by atoms with Crippen molar-refractivity contribution in [3.05, 3.63) is 113 Å². The molecule has 0 saturated heterocycles. The van der Waals surface area contributed by atoms with Crippen LogP contribution in [0.2, 0.25) is 5.02 Å². The van der Waals surface area contributed by atoms with Crippen LogP contribution in [0.4, 0.5) is 11.4 Å². The molecule has 0 saturated carbocycles. The maximum atomic E-state index is 13.6. The van der Waals surface area contributed by atoms with Gasteiger partial charge >= 0.3 is 5.97 Å². The number of rotatable bonds is 4. The Labute approximate surface area is 229 Å². The molecule has 0 atom stereocenters. The first-order valence-electron chi connectivity index (χ1n) is 12.0. The van der Waals surface area contributed by atoms with Crippen LogP contribution in [0.3, 0.4) is 0 Å². The molecule has 186 valence electrons. The number of anilines is 2. The third-order valence-corrected chi connectivity index (χ3v) is 7.81. The summed E-state index contributed by atoms with van der Waals surface area (Å²) in [6.45, 7) is 1.43. The second-order valence-corrected chi connectivity index (χ2v) is 10.4. The Morgan fingerprint density at radius 3 is 2.24 bits per heavy atom. The number of carbonyl (C=O) groups is 2. The van der Waals surface area contributed by atoms with Gasteiger partial charge in [-0.05, 0) is 55.0 Å². The van der Waals surface area contributed by atoms with Gasteiger partial charge in [-0.15, -0.1) is 0 Å². The van der Waals surface area contributed by atoms with E-state index in [1.165, 1.54) is 0 Å². The molecule has 0 N–H and O–H groups in total. The molecule has 0 bridgehead atoms. The van der Waals surface area contributed by atoms with Crippen LogP contribution in [0.25, 0.3) is 22.2 Å². The van der Waals surface area contributed by atoms with Crippen molar-refractivity contribution >= 4 is 57.5 Å². The average molecular weight is 537 g/mol. The van der Waals surface area contributed by atoms with Gasteiger partial charge in [-0.1, -0.05) is 78.0 Å². The Kier molecular flexibility index (Phi) is 6.35. The molecule has 1 aromatic heterocycles. The molecule has 5 nitrogen and oxygen atoms in total. The maximum absolute atomic E-state index is 13.6. The molecule has 1 amide bonds. The predicted molar refractivity (Wildman–Crippen MR) is 151 cm³/mol. The highest BCUT2D eigenvalue weighted by atomic mass is 35.5. The van der Waals surface area contributed by atoms with Gasteiger partial charge in [0, 0.05) is 25.8 Å². The monoisotopic (exact) mass is 536 g/mol. The topological polar surface area (TPSA) is 59.5 Å². The van der Waals surface area contributed by atoms with Crippen LogP contribution < -0.4 is 4.90 Å². The van der Waals surface area contributed by atoms with Gasteiger partial charge in [0.1, 0.15) is 0 Å². The second-order valence-electron chi connectivity index (χ2n) is 8.83. The number of hydrogen-bond acceptors (Lipinski definition) is 5. The number of esters is 1. The Morgan fingerprint density at radius 2 is 1.53 bits per heavy atom. The Morgan fingerprint density at radius 1 is 0.868 bits per heavy atom. The Hall–Kier alpha value is -4.13. The minimum Gasteiger partial charge on any atom is -0.452 e. The lowest BCUT2D eigenvalue weighted by atomic mass is 9.98. The summed E-state index contributed by atoms with van der Waals surface area (Å²) in [4.78, 5) is 35.5. The highest BCUT2D eigenvalue weighted by Crippen LogP contribution is 2.47. The number of amides is 1. The number of hydrogen-bond donors (Lipinski definition) is 0. The molecular formula is C31H21ClN2O3S. The van der Waals surface area contributed by atoms with E-state index in [9.17, 15) is 9.59 Å². The SMILES string of the molecule is Cc1c(-c2cccc(Cl)c2)nc2ccccc2c1C(=O)OCC(=O)N1c2ccccc2Sc2ccccc21. The summed E-state index contributed by atoms with van der Waals surface area (Å²) in [5.41, 5.74) is 4.67. The number of nitrogens with zero attached hydrogens (tertiary/aromatic N) is 2. The highest BCUT2D eigenvalue weighted by molar-refractivity contribution is 7.99. The lowest BCUT2D eigenvalue weighted by Crippen LogP contribution is -2.32. The molecule has 1 aliphatic rings. The van der Waals surface area contributed by atoms with E-state index in [0.29, 0.717) is 32.7 Å². The van der Waals surface area contributed by atoms with E-state index < -0.39 is 12.6 Å². The predicted octanol–water partition coefficient (Wildman–Crippen LogP) is 7.85. The molecule has 0 fully saturated rings. The number of aromatic nitrogens is 1. The van der Waals surface area contributed by atoms with Gasteiger partial charge in [0.2, 0.25) is 0 Å². The quantitative estimate of drug-likeness (QED) is 0.219. The minimum absolute atomic E-state index is 0.329. The van der Waals surface area contributed by atoms with Crippen LogP contribution in [0, 0.1) is 6.92 Å². The summed E-state index contributed by atoms with van der Waals surface area (Å²) in [6.07, 6.45) is 0. The van der Waals surface area contributed by atoms with E-state index in [-0.39, 0.29) is 5.91 Å². The van der Waals surface area contributed by atoms with Crippen molar-refractivity contribution in [1.82, 2.24) is 4.98 Å². The molecule has 4 aromatic carbocycles. The van der Waals surface area contributed by atoms with E-state index in [1.807, 2.05) is 97.9 Å². The average Bonchev–Trinajstić information content (AvgIpc) is 2.94. The molecule has 0 aliphatic carbocycles. The van der Waals surface area contributed by atoms with Crippen molar-refractivity contribution in [1.29, 1.82) is 0 Å². The number of carbonyl (C=O) groups excluding carboxylic acids is 2. The molecule has 5 aromatic rings. The van der Waals surface area contributed by atoms with Gasteiger partial charge in [0.15, 0.2) is 6.61 Å². The summed E-state index contributed by atoms with van der Waals surface area (Å²) in [5, 5.41) is 1.24.